The molecule has 15 heavy (non-hydrogen) atoms. The number of nitrogens with zero attached hydrogens (tertiary/aromatic N) is 2. The molecule has 2 N–H and O–H groups in total. The van der Waals surface area contributed by atoms with Crippen LogP contribution in [0.2, 0.25) is 0 Å². The van der Waals surface area contributed by atoms with E-state index in [0.29, 0.717) is 11.6 Å². The lowest BCUT2D eigenvalue weighted by Gasteiger charge is -1.96. The zero-order valence-corrected chi connectivity index (χ0v) is 7.68. The fraction of sp³-hybridized carbons (Fsp3) is 0. The predicted molar refractivity (Wildman–Crippen MR) is 54.8 cm³/mol. The molecule has 0 fully saturated rings. The summed E-state index contributed by atoms with van der Waals surface area (Å²) in [7, 11) is 0. The number of hydrogen-bond acceptors (Lipinski definition) is 5. The van der Waals surface area contributed by atoms with E-state index in [1.165, 1.54) is 12.4 Å². The summed E-state index contributed by atoms with van der Waals surface area (Å²) in [6.07, 6.45) is 4.44. The van der Waals surface area contributed by atoms with E-state index in [-0.39, 0.29) is 0 Å². The Morgan fingerprint density at radius 2 is 2.47 bits per heavy atom. The average Bonchev–Trinajstić information content (AvgIpc) is 2.71. The highest BCUT2D eigenvalue weighted by Gasteiger charge is 1.90. The summed E-state index contributed by atoms with van der Waals surface area (Å²) in [5, 5.41) is 3.86. The lowest BCUT2D eigenvalue weighted by Crippen LogP contribution is -2.10. The molecule has 2 aromatic rings. The monoisotopic (exact) mass is 204 g/mol. The van der Waals surface area contributed by atoms with Crippen molar-refractivity contribution in [3.8, 4) is 0 Å². The van der Waals surface area contributed by atoms with Crippen molar-refractivity contribution in [2.24, 2.45) is 5.10 Å². The summed E-state index contributed by atoms with van der Waals surface area (Å²) in [5.74, 6) is 1.09. The molecule has 0 unspecified atom stereocenters. The second-order valence-corrected chi connectivity index (χ2v) is 2.67. The molecule has 0 spiro atoms. The first-order chi connectivity index (χ1) is 7.34. The van der Waals surface area contributed by atoms with Crippen LogP contribution in [0.4, 0.5) is 5.82 Å². The van der Waals surface area contributed by atoms with Gasteiger partial charge in [-0.15, -0.1) is 0 Å². The standard InChI is InChI=1S/C9H8N4O2/c14-9-10-4-3-8(12-9)13-11-6-7-2-1-5-15-7/h1-6H,(H2,10,12,13,14)/b11-6+. The minimum Gasteiger partial charge on any atom is -0.463 e. The summed E-state index contributed by atoms with van der Waals surface area (Å²) >= 11 is 0. The van der Waals surface area contributed by atoms with E-state index in [2.05, 4.69) is 20.5 Å². The van der Waals surface area contributed by atoms with Crippen LogP contribution in [0.1, 0.15) is 5.76 Å². The van der Waals surface area contributed by atoms with Crippen molar-refractivity contribution >= 4 is 12.0 Å². The van der Waals surface area contributed by atoms with E-state index < -0.39 is 5.69 Å². The highest BCUT2D eigenvalue weighted by atomic mass is 16.3. The number of aromatic amines is 1. The van der Waals surface area contributed by atoms with E-state index in [0.717, 1.165) is 0 Å². The lowest BCUT2D eigenvalue weighted by molar-refractivity contribution is 0.560. The van der Waals surface area contributed by atoms with E-state index in [1.807, 2.05) is 0 Å². The smallest absolute Gasteiger partial charge is 0.346 e. The van der Waals surface area contributed by atoms with Crippen molar-refractivity contribution in [1.82, 2.24) is 9.97 Å². The molecule has 0 aromatic carbocycles. The van der Waals surface area contributed by atoms with Crippen LogP contribution in [0.15, 0.2) is 45.0 Å². The normalized spacial score (nSPS) is 10.7. The quantitative estimate of drug-likeness (QED) is 0.572. The summed E-state index contributed by atoms with van der Waals surface area (Å²) in [5.41, 5.74) is 2.21. The van der Waals surface area contributed by atoms with Crippen LogP contribution in [0, 0.1) is 0 Å². The van der Waals surface area contributed by atoms with Crippen molar-refractivity contribution in [3.63, 3.8) is 0 Å². The van der Waals surface area contributed by atoms with E-state index in [4.69, 9.17) is 4.42 Å². The van der Waals surface area contributed by atoms with Gasteiger partial charge in [0.25, 0.3) is 0 Å². The highest BCUT2D eigenvalue weighted by Crippen LogP contribution is 1.97. The minimum atomic E-state index is -0.423. The lowest BCUT2D eigenvalue weighted by atomic mass is 10.5. The molecule has 0 aliphatic rings. The molecule has 6 heteroatoms. The van der Waals surface area contributed by atoms with Crippen LogP contribution < -0.4 is 11.1 Å². The molecular weight excluding hydrogens is 196 g/mol. The third-order valence-electron chi connectivity index (χ3n) is 1.59. The molecule has 0 atom stereocenters. The number of aromatic nitrogens is 2. The Kier molecular flexibility index (Phi) is 2.59. The molecule has 2 rings (SSSR count). The van der Waals surface area contributed by atoms with Gasteiger partial charge < -0.3 is 4.42 Å². The Balaban J connectivity index is 2.02. The van der Waals surface area contributed by atoms with Gasteiger partial charge in [0.1, 0.15) is 11.6 Å². The van der Waals surface area contributed by atoms with Crippen LogP contribution in [-0.2, 0) is 0 Å². The van der Waals surface area contributed by atoms with Crippen molar-refractivity contribution in [2.45, 2.75) is 0 Å². The second-order valence-electron chi connectivity index (χ2n) is 2.67. The van der Waals surface area contributed by atoms with Crippen LogP contribution in [0.25, 0.3) is 0 Å². The topological polar surface area (TPSA) is 83.3 Å². The SMILES string of the molecule is O=c1nccc(N/N=C/c2ccco2)[nH]1. The third kappa shape index (κ3) is 2.53. The molecule has 0 amide bonds. The van der Waals surface area contributed by atoms with Crippen LogP contribution in [0.3, 0.4) is 0 Å². The molecule has 0 bridgehead atoms. The number of furan rings is 1. The summed E-state index contributed by atoms with van der Waals surface area (Å²) in [4.78, 5) is 16.7. The van der Waals surface area contributed by atoms with Gasteiger partial charge in [-0.05, 0) is 18.2 Å². The van der Waals surface area contributed by atoms with E-state index >= 15 is 0 Å². The summed E-state index contributed by atoms with van der Waals surface area (Å²) < 4.78 is 5.02. The Bertz CT molecular complexity index is 501. The van der Waals surface area contributed by atoms with Crippen molar-refractivity contribution in [3.05, 3.63) is 46.9 Å². The largest absolute Gasteiger partial charge is 0.463 e. The average molecular weight is 204 g/mol. The van der Waals surface area contributed by atoms with Gasteiger partial charge in [-0.25, -0.2) is 9.78 Å². The number of H-pyrrole nitrogens is 1. The molecule has 2 heterocycles. The molecule has 0 aliphatic heterocycles. The van der Waals surface area contributed by atoms with Gasteiger partial charge in [-0.3, -0.25) is 10.4 Å². The second kappa shape index (κ2) is 4.23. The number of rotatable bonds is 3. The first kappa shape index (κ1) is 9.20. The number of anilines is 1. The third-order valence-corrected chi connectivity index (χ3v) is 1.59. The van der Waals surface area contributed by atoms with E-state index in [9.17, 15) is 4.79 Å². The van der Waals surface area contributed by atoms with Crippen molar-refractivity contribution < 1.29 is 4.42 Å². The van der Waals surface area contributed by atoms with Gasteiger partial charge in [-0.1, -0.05) is 0 Å². The highest BCUT2D eigenvalue weighted by molar-refractivity contribution is 5.76. The first-order valence-corrected chi connectivity index (χ1v) is 4.22. The zero-order valence-electron chi connectivity index (χ0n) is 7.68. The Hall–Kier alpha value is -2.37. The van der Waals surface area contributed by atoms with Gasteiger partial charge in [-0.2, -0.15) is 5.10 Å². The minimum absolute atomic E-state index is 0.423. The predicted octanol–water partition coefficient (Wildman–Crippen LogP) is 0.809. The van der Waals surface area contributed by atoms with Gasteiger partial charge >= 0.3 is 5.69 Å². The number of hydrazone groups is 1. The molecular formula is C9H8N4O2. The fourth-order valence-corrected chi connectivity index (χ4v) is 0.964. The summed E-state index contributed by atoms with van der Waals surface area (Å²) in [6.45, 7) is 0. The number of nitrogens with one attached hydrogen (secondary N) is 2. The maximum Gasteiger partial charge on any atom is 0.346 e. The molecule has 0 radical (unpaired) electrons. The Morgan fingerprint density at radius 1 is 1.53 bits per heavy atom. The van der Waals surface area contributed by atoms with Gasteiger partial charge in [0.2, 0.25) is 0 Å². The van der Waals surface area contributed by atoms with E-state index in [1.54, 1.807) is 24.5 Å². The van der Waals surface area contributed by atoms with Crippen molar-refractivity contribution in [2.75, 3.05) is 5.43 Å². The molecule has 2 aromatic heterocycles. The molecule has 6 nitrogen and oxygen atoms in total. The van der Waals surface area contributed by atoms with Crippen LogP contribution >= 0.6 is 0 Å². The Morgan fingerprint density at radius 3 is 3.20 bits per heavy atom. The zero-order chi connectivity index (χ0) is 10.5. The maximum absolute atomic E-state index is 10.8. The van der Waals surface area contributed by atoms with Crippen molar-refractivity contribution in [1.29, 1.82) is 0 Å². The molecule has 76 valence electrons. The van der Waals surface area contributed by atoms with Gasteiger partial charge in [0.15, 0.2) is 0 Å². The number of hydrogen-bond donors (Lipinski definition) is 2. The molecule has 0 saturated heterocycles. The molecule has 0 aliphatic carbocycles. The maximum atomic E-state index is 10.8. The van der Waals surface area contributed by atoms with Gasteiger partial charge in [0, 0.05) is 6.20 Å². The van der Waals surface area contributed by atoms with Gasteiger partial charge in [0.05, 0.1) is 12.5 Å². The van der Waals surface area contributed by atoms with Crippen LogP contribution in [0.5, 0.6) is 0 Å². The molecule has 0 saturated carbocycles. The first-order valence-electron chi connectivity index (χ1n) is 4.22. The summed E-state index contributed by atoms with van der Waals surface area (Å²) in [6, 6.07) is 5.12. The Labute approximate surface area is 84.7 Å². The fourth-order valence-electron chi connectivity index (χ4n) is 0.964. The van der Waals surface area contributed by atoms with Crippen LogP contribution in [-0.4, -0.2) is 16.2 Å².